The molecule has 26 heavy (non-hydrogen) atoms. The van der Waals surface area contributed by atoms with E-state index in [-0.39, 0.29) is 16.7 Å². The van der Waals surface area contributed by atoms with Gasteiger partial charge in [0.05, 0.1) is 22.3 Å². The molecule has 4 nitrogen and oxygen atoms in total. The third-order valence-corrected chi connectivity index (χ3v) is 3.64. The third-order valence-electron chi connectivity index (χ3n) is 2.77. The minimum atomic E-state index is -0.233. The highest BCUT2D eigenvalue weighted by Gasteiger charge is 2.11. The second kappa shape index (κ2) is 11.8. The van der Waals surface area contributed by atoms with Gasteiger partial charge in [0.2, 0.25) is 0 Å². The summed E-state index contributed by atoms with van der Waals surface area (Å²) in [6, 6.07) is 3.26. The fraction of sp³-hybridized carbons (Fsp3) is 0.444. The van der Waals surface area contributed by atoms with Crippen LogP contribution >= 0.6 is 46.4 Å². The van der Waals surface area contributed by atoms with Crippen LogP contribution in [0.4, 0.5) is 0 Å². The lowest BCUT2D eigenvalue weighted by Gasteiger charge is -2.17. The monoisotopic (exact) mass is 441 g/mol. The van der Waals surface area contributed by atoms with Crippen molar-refractivity contribution in [3.63, 3.8) is 0 Å². The molecule has 0 saturated carbocycles. The summed E-state index contributed by atoms with van der Waals surface area (Å²) in [6.45, 7) is 6.60. The summed E-state index contributed by atoms with van der Waals surface area (Å²) < 4.78 is 11.2. The van der Waals surface area contributed by atoms with E-state index in [4.69, 9.17) is 60.7 Å². The van der Waals surface area contributed by atoms with Crippen molar-refractivity contribution in [3.05, 3.63) is 45.0 Å². The van der Waals surface area contributed by atoms with Crippen molar-refractivity contribution >= 4 is 46.4 Å². The molecule has 0 fully saturated rings. The minimum absolute atomic E-state index is 0.136. The molecule has 0 radical (unpaired) electrons. The van der Waals surface area contributed by atoms with Crippen LogP contribution in [-0.4, -0.2) is 18.8 Å². The Labute approximate surface area is 174 Å². The van der Waals surface area contributed by atoms with Crippen molar-refractivity contribution in [3.8, 4) is 11.5 Å². The number of nitrogens with one attached hydrogen (secondary N) is 1. The van der Waals surface area contributed by atoms with E-state index in [9.17, 15) is 0 Å². The lowest BCUT2D eigenvalue weighted by Crippen LogP contribution is -2.25. The van der Waals surface area contributed by atoms with E-state index in [1.807, 2.05) is 26.8 Å². The summed E-state index contributed by atoms with van der Waals surface area (Å²) >= 11 is 23.4. The number of hydrogen-bond donors (Lipinski definition) is 1. The first-order valence-corrected chi connectivity index (χ1v) is 9.54. The average Bonchev–Trinajstić information content (AvgIpc) is 2.50. The van der Waals surface area contributed by atoms with Crippen molar-refractivity contribution in [1.29, 1.82) is 0 Å². The summed E-state index contributed by atoms with van der Waals surface area (Å²) in [5.74, 6) is 0.941. The molecule has 1 N–H and O–H groups in total. The predicted octanol–water partition coefficient (Wildman–Crippen LogP) is 6.68. The first-order chi connectivity index (χ1) is 12.2. The number of hydrogen-bond acceptors (Lipinski definition) is 4. The Hall–Kier alpha value is -0.780. The van der Waals surface area contributed by atoms with E-state index in [0.29, 0.717) is 28.2 Å². The van der Waals surface area contributed by atoms with Gasteiger partial charge in [-0.2, -0.15) is 0 Å². The van der Waals surface area contributed by atoms with Crippen LogP contribution in [0.5, 0.6) is 11.5 Å². The summed E-state index contributed by atoms with van der Waals surface area (Å²) in [5.41, 5.74) is 2.55. The molecule has 0 bridgehead atoms. The minimum Gasteiger partial charge on any atom is -0.490 e. The molecule has 1 aromatic carbocycles. The van der Waals surface area contributed by atoms with Crippen LogP contribution in [0.2, 0.25) is 10.0 Å². The zero-order valence-corrected chi connectivity index (χ0v) is 18.0. The van der Waals surface area contributed by atoms with E-state index in [1.54, 1.807) is 18.3 Å². The van der Waals surface area contributed by atoms with E-state index in [1.165, 1.54) is 6.08 Å². The van der Waals surface area contributed by atoms with E-state index in [0.717, 1.165) is 12.8 Å². The normalized spacial score (nSPS) is 11.5. The fourth-order valence-electron chi connectivity index (χ4n) is 1.68. The Morgan fingerprint density at radius 3 is 2.35 bits per heavy atom. The number of benzene rings is 1. The van der Waals surface area contributed by atoms with Gasteiger partial charge in [0, 0.05) is 18.3 Å². The maximum Gasteiger partial charge on any atom is 0.156 e. The molecule has 0 heterocycles. The standard InChI is InChI=1S/C18H23Cl4NO3/c1-18(2,3)26-23-8-5-4-6-9-25-17-14(19)11-13(12-15(17)20)24-10-7-16(21)22/h5,7-8,11-12,23H,4,6,9-10H2,1-3H3. The van der Waals surface area contributed by atoms with Crippen LogP contribution in [0.15, 0.2) is 35.0 Å². The van der Waals surface area contributed by atoms with Gasteiger partial charge < -0.3 is 9.47 Å². The van der Waals surface area contributed by atoms with Gasteiger partial charge in [-0.25, -0.2) is 0 Å². The number of ether oxygens (including phenoxy) is 2. The van der Waals surface area contributed by atoms with Crippen LogP contribution in [-0.2, 0) is 4.84 Å². The van der Waals surface area contributed by atoms with Gasteiger partial charge in [0.25, 0.3) is 0 Å². The third kappa shape index (κ3) is 10.4. The molecule has 0 amide bonds. The molecule has 0 saturated heterocycles. The van der Waals surface area contributed by atoms with Crippen molar-refractivity contribution in [2.24, 2.45) is 0 Å². The zero-order chi connectivity index (χ0) is 19.6. The molecule has 0 aliphatic carbocycles. The van der Waals surface area contributed by atoms with Gasteiger partial charge in [-0.05, 0) is 39.7 Å². The molecule has 0 unspecified atom stereocenters. The molecular formula is C18H23Cl4NO3. The molecule has 0 atom stereocenters. The van der Waals surface area contributed by atoms with Crippen LogP contribution in [0.1, 0.15) is 33.6 Å². The highest BCUT2D eigenvalue weighted by molar-refractivity contribution is 6.55. The molecule has 0 aliphatic heterocycles. The quantitative estimate of drug-likeness (QED) is 0.323. The first-order valence-electron chi connectivity index (χ1n) is 8.03. The Bertz CT molecular complexity index is 600. The first kappa shape index (κ1) is 23.3. The summed E-state index contributed by atoms with van der Waals surface area (Å²) in [4.78, 5) is 5.36. The van der Waals surface area contributed by atoms with Gasteiger partial charge in [-0.15, -0.1) is 0 Å². The van der Waals surface area contributed by atoms with Gasteiger partial charge in [-0.1, -0.05) is 52.5 Å². The Morgan fingerprint density at radius 1 is 1.12 bits per heavy atom. The lowest BCUT2D eigenvalue weighted by atomic mass is 10.2. The Balaban J connectivity index is 2.38. The largest absolute Gasteiger partial charge is 0.490 e. The summed E-state index contributed by atoms with van der Waals surface area (Å²) in [6.07, 6.45) is 6.87. The second-order valence-corrected chi connectivity index (χ2v) is 8.07. The van der Waals surface area contributed by atoms with Gasteiger partial charge in [0.15, 0.2) is 5.75 Å². The van der Waals surface area contributed by atoms with Gasteiger partial charge in [0.1, 0.15) is 16.8 Å². The number of allylic oxidation sites excluding steroid dienone is 1. The molecule has 0 aromatic heterocycles. The number of hydroxylamine groups is 1. The predicted molar refractivity (Wildman–Crippen MR) is 110 cm³/mol. The second-order valence-electron chi connectivity index (χ2n) is 6.25. The lowest BCUT2D eigenvalue weighted by molar-refractivity contribution is -0.0522. The zero-order valence-electron chi connectivity index (χ0n) is 15.0. The molecule has 1 aromatic rings. The van der Waals surface area contributed by atoms with Crippen molar-refractivity contribution < 1.29 is 14.3 Å². The summed E-state index contributed by atoms with van der Waals surface area (Å²) in [7, 11) is 0. The molecule has 0 aliphatic rings. The highest BCUT2D eigenvalue weighted by atomic mass is 35.5. The van der Waals surface area contributed by atoms with Crippen LogP contribution in [0, 0.1) is 0 Å². The maximum atomic E-state index is 6.20. The molecule has 146 valence electrons. The highest BCUT2D eigenvalue weighted by Crippen LogP contribution is 2.37. The van der Waals surface area contributed by atoms with Crippen molar-refractivity contribution in [2.45, 2.75) is 39.2 Å². The molecular weight excluding hydrogens is 420 g/mol. The van der Waals surface area contributed by atoms with Crippen molar-refractivity contribution in [2.75, 3.05) is 13.2 Å². The maximum absolute atomic E-state index is 6.20. The Kier molecular flexibility index (Phi) is 10.6. The molecule has 1 rings (SSSR count). The van der Waals surface area contributed by atoms with Gasteiger partial charge >= 0.3 is 0 Å². The van der Waals surface area contributed by atoms with Crippen LogP contribution in [0.25, 0.3) is 0 Å². The van der Waals surface area contributed by atoms with E-state index in [2.05, 4.69) is 5.48 Å². The number of rotatable bonds is 10. The van der Waals surface area contributed by atoms with Crippen LogP contribution in [0.3, 0.4) is 0 Å². The smallest absolute Gasteiger partial charge is 0.156 e. The topological polar surface area (TPSA) is 39.7 Å². The molecule has 0 spiro atoms. The van der Waals surface area contributed by atoms with Crippen LogP contribution < -0.4 is 15.0 Å². The number of halogens is 4. The number of unbranched alkanes of at least 4 members (excludes halogenated alkanes) is 1. The van der Waals surface area contributed by atoms with Crippen molar-refractivity contribution in [1.82, 2.24) is 5.48 Å². The average molecular weight is 443 g/mol. The summed E-state index contributed by atoms with van der Waals surface area (Å²) in [5, 5.41) is 0.758. The fourth-order valence-corrected chi connectivity index (χ4v) is 2.38. The van der Waals surface area contributed by atoms with E-state index >= 15 is 0 Å². The van der Waals surface area contributed by atoms with E-state index < -0.39 is 0 Å². The molecule has 8 heteroatoms. The van der Waals surface area contributed by atoms with Gasteiger partial charge in [-0.3, -0.25) is 10.3 Å². The Morgan fingerprint density at radius 2 is 1.77 bits per heavy atom. The SMILES string of the molecule is CC(C)(C)ONC=CCCCOc1c(Cl)cc(OCC=C(Cl)Cl)cc1Cl.